The molecule has 0 saturated carbocycles. The van der Waals surface area contributed by atoms with E-state index >= 15 is 0 Å². The molecule has 1 aliphatic rings. The van der Waals surface area contributed by atoms with Gasteiger partial charge < -0.3 is 5.32 Å². The van der Waals surface area contributed by atoms with Crippen LogP contribution in [0.25, 0.3) is 0 Å². The number of nitrogens with one attached hydrogen (secondary N) is 1. The molecule has 1 aliphatic carbocycles. The molecule has 0 radical (unpaired) electrons. The lowest BCUT2D eigenvalue weighted by Gasteiger charge is -2.15. The fourth-order valence-corrected chi connectivity index (χ4v) is 2.77. The van der Waals surface area contributed by atoms with Gasteiger partial charge in [-0.25, -0.2) is 0 Å². The molecule has 0 fully saturated rings. The zero-order valence-electron chi connectivity index (χ0n) is 10.4. The molecule has 2 aromatic carbocycles. The van der Waals surface area contributed by atoms with E-state index in [2.05, 4.69) is 23.5 Å². The highest BCUT2D eigenvalue weighted by atomic mass is 35.5. The van der Waals surface area contributed by atoms with Crippen LogP contribution < -0.4 is 5.32 Å². The Morgan fingerprint density at radius 1 is 1.16 bits per heavy atom. The summed E-state index contributed by atoms with van der Waals surface area (Å²) in [7, 11) is 0. The molecule has 3 heteroatoms. The first-order valence-electron chi connectivity index (χ1n) is 6.31. The lowest BCUT2D eigenvalue weighted by atomic mass is 10.1. The quantitative estimate of drug-likeness (QED) is 0.881. The van der Waals surface area contributed by atoms with Gasteiger partial charge in [0.2, 0.25) is 0 Å². The summed E-state index contributed by atoms with van der Waals surface area (Å²) in [5.74, 6) is 0. The Labute approximate surface area is 117 Å². The van der Waals surface area contributed by atoms with Gasteiger partial charge in [-0.05, 0) is 60.4 Å². The van der Waals surface area contributed by atoms with Crippen molar-refractivity contribution in [2.45, 2.75) is 18.9 Å². The van der Waals surface area contributed by atoms with Gasteiger partial charge in [-0.15, -0.1) is 0 Å². The Bertz CT molecular complexity index is 641. The van der Waals surface area contributed by atoms with Gasteiger partial charge in [0.25, 0.3) is 0 Å². The van der Waals surface area contributed by atoms with Gasteiger partial charge in [0.05, 0.1) is 17.7 Å². The van der Waals surface area contributed by atoms with Crippen molar-refractivity contribution in [2.24, 2.45) is 0 Å². The topological polar surface area (TPSA) is 35.8 Å². The molecule has 19 heavy (non-hydrogen) atoms. The van der Waals surface area contributed by atoms with Crippen molar-refractivity contribution in [3.63, 3.8) is 0 Å². The van der Waals surface area contributed by atoms with Crippen LogP contribution in [0.15, 0.2) is 42.5 Å². The minimum atomic E-state index is 0.334. The highest BCUT2D eigenvalue weighted by Crippen LogP contribution is 2.35. The third kappa shape index (κ3) is 2.43. The zero-order chi connectivity index (χ0) is 13.2. The summed E-state index contributed by atoms with van der Waals surface area (Å²) in [6, 6.07) is 16.1. The Hall–Kier alpha value is -1.98. The van der Waals surface area contributed by atoms with Crippen molar-refractivity contribution < 1.29 is 0 Å². The molecule has 3 rings (SSSR count). The van der Waals surface area contributed by atoms with Crippen molar-refractivity contribution in [3.05, 3.63) is 64.2 Å². The zero-order valence-corrected chi connectivity index (χ0v) is 11.1. The number of nitriles is 1. The number of anilines is 1. The van der Waals surface area contributed by atoms with E-state index in [1.165, 1.54) is 11.1 Å². The smallest absolute Gasteiger partial charge is 0.0991 e. The first kappa shape index (κ1) is 12.1. The highest BCUT2D eigenvalue weighted by Gasteiger charge is 2.22. The number of halogens is 1. The van der Waals surface area contributed by atoms with Crippen LogP contribution in [0.5, 0.6) is 0 Å². The van der Waals surface area contributed by atoms with Gasteiger partial charge in [0.15, 0.2) is 0 Å². The van der Waals surface area contributed by atoms with Crippen LogP contribution in [-0.4, -0.2) is 0 Å². The van der Waals surface area contributed by atoms with Gasteiger partial charge in [0, 0.05) is 10.7 Å². The molecule has 0 bridgehead atoms. The van der Waals surface area contributed by atoms with Gasteiger partial charge in [-0.3, -0.25) is 0 Å². The van der Waals surface area contributed by atoms with Crippen molar-refractivity contribution in [2.75, 3.05) is 5.32 Å². The average molecular weight is 269 g/mol. The Kier molecular flexibility index (Phi) is 3.15. The molecule has 94 valence electrons. The van der Waals surface area contributed by atoms with Gasteiger partial charge in [0.1, 0.15) is 0 Å². The summed E-state index contributed by atoms with van der Waals surface area (Å²) in [5, 5.41) is 13.1. The fourth-order valence-electron chi connectivity index (χ4n) is 2.58. The van der Waals surface area contributed by atoms with E-state index in [1.54, 1.807) is 0 Å². The minimum absolute atomic E-state index is 0.334. The van der Waals surface area contributed by atoms with Crippen molar-refractivity contribution in [3.8, 4) is 6.07 Å². The summed E-state index contributed by atoms with van der Waals surface area (Å²) >= 11 is 6.01. The normalized spacial score (nSPS) is 16.7. The SMILES string of the molecule is N#Cc1ccc(NC2CCc3cc(Cl)ccc32)cc1. The Balaban J connectivity index is 1.80. The number of rotatable bonds is 2. The monoisotopic (exact) mass is 268 g/mol. The Morgan fingerprint density at radius 3 is 2.68 bits per heavy atom. The molecule has 1 atom stereocenters. The van der Waals surface area contributed by atoms with E-state index in [0.29, 0.717) is 11.6 Å². The third-order valence-corrected chi connectivity index (χ3v) is 3.77. The molecule has 2 aromatic rings. The number of aryl methyl sites for hydroxylation is 1. The molecular weight excluding hydrogens is 256 g/mol. The van der Waals surface area contributed by atoms with Crippen LogP contribution in [0.3, 0.4) is 0 Å². The third-order valence-electron chi connectivity index (χ3n) is 3.54. The molecule has 0 heterocycles. The molecule has 2 nitrogen and oxygen atoms in total. The standard InChI is InChI=1S/C16H13ClN2/c17-13-4-7-15-12(9-13)3-8-16(15)19-14-5-1-11(10-18)2-6-14/h1-2,4-7,9,16,19H,3,8H2. The summed E-state index contributed by atoms with van der Waals surface area (Å²) < 4.78 is 0. The molecule has 1 unspecified atom stereocenters. The largest absolute Gasteiger partial charge is 0.378 e. The summed E-state index contributed by atoms with van der Waals surface area (Å²) in [5.41, 5.74) is 4.39. The van der Waals surface area contributed by atoms with E-state index in [9.17, 15) is 0 Å². The lowest BCUT2D eigenvalue weighted by Crippen LogP contribution is -2.06. The number of benzene rings is 2. The molecular formula is C16H13ClN2. The molecule has 1 N–H and O–H groups in total. The summed E-state index contributed by atoms with van der Waals surface area (Å²) in [6.45, 7) is 0. The van der Waals surface area contributed by atoms with Gasteiger partial charge in [-0.2, -0.15) is 5.26 Å². The Morgan fingerprint density at radius 2 is 1.95 bits per heavy atom. The molecule has 0 aliphatic heterocycles. The fraction of sp³-hybridized carbons (Fsp3) is 0.188. The molecule has 0 spiro atoms. The van der Waals surface area contributed by atoms with E-state index < -0.39 is 0 Å². The maximum absolute atomic E-state index is 8.79. The molecule has 0 saturated heterocycles. The molecule has 0 amide bonds. The number of hydrogen-bond donors (Lipinski definition) is 1. The number of nitrogens with zero attached hydrogens (tertiary/aromatic N) is 1. The predicted octanol–water partition coefficient (Wildman–Crippen LogP) is 4.31. The minimum Gasteiger partial charge on any atom is -0.378 e. The van der Waals surface area contributed by atoms with E-state index in [4.69, 9.17) is 16.9 Å². The van der Waals surface area contributed by atoms with Crippen molar-refractivity contribution in [1.82, 2.24) is 0 Å². The second-order valence-electron chi connectivity index (χ2n) is 4.77. The summed E-state index contributed by atoms with van der Waals surface area (Å²) in [6.07, 6.45) is 2.14. The van der Waals surface area contributed by atoms with Crippen LogP contribution in [0.2, 0.25) is 5.02 Å². The lowest BCUT2D eigenvalue weighted by molar-refractivity contribution is 0.762. The second kappa shape index (κ2) is 4.95. The van der Waals surface area contributed by atoms with Gasteiger partial charge >= 0.3 is 0 Å². The van der Waals surface area contributed by atoms with Crippen LogP contribution in [-0.2, 0) is 6.42 Å². The van der Waals surface area contributed by atoms with Gasteiger partial charge in [-0.1, -0.05) is 17.7 Å². The summed E-state index contributed by atoms with van der Waals surface area (Å²) in [4.78, 5) is 0. The number of hydrogen-bond acceptors (Lipinski definition) is 2. The van der Waals surface area contributed by atoms with Crippen LogP contribution in [0, 0.1) is 11.3 Å². The van der Waals surface area contributed by atoms with E-state index in [1.807, 2.05) is 30.3 Å². The first-order valence-corrected chi connectivity index (χ1v) is 6.69. The number of fused-ring (bicyclic) bond motifs is 1. The predicted molar refractivity (Wildman–Crippen MR) is 77.3 cm³/mol. The first-order chi connectivity index (χ1) is 9.26. The van der Waals surface area contributed by atoms with Crippen molar-refractivity contribution >= 4 is 17.3 Å². The highest BCUT2D eigenvalue weighted by molar-refractivity contribution is 6.30. The second-order valence-corrected chi connectivity index (χ2v) is 5.20. The van der Waals surface area contributed by atoms with E-state index in [-0.39, 0.29) is 0 Å². The maximum Gasteiger partial charge on any atom is 0.0991 e. The average Bonchev–Trinajstić information content (AvgIpc) is 2.82. The molecule has 0 aromatic heterocycles. The van der Waals surface area contributed by atoms with Crippen LogP contribution >= 0.6 is 11.6 Å². The maximum atomic E-state index is 8.79. The van der Waals surface area contributed by atoms with Crippen LogP contribution in [0.1, 0.15) is 29.2 Å². The van der Waals surface area contributed by atoms with Crippen LogP contribution in [0.4, 0.5) is 5.69 Å². The van der Waals surface area contributed by atoms with Crippen molar-refractivity contribution in [1.29, 1.82) is 5.26 Å². The van der Waals surface area contributed by atoms with E-state index in [0.717, 1.165) is 23.6 Å².